The van der Waals surface area contributed by atoms with E-state index in [1.807, 2.05) is 29.8 Å². The summed E-state index contributed by atoms with van der Waals surface area (Å²) < 4.78 is 1.84. The number of carbonyl (C=O) groups is 2. The van der Waals surface area contributed by atoms with Crippen LogP contribution in [0.15, 0.2) is 17.8 Å². The molecule has 2 aromatic heterocycles. The van der Waals surface area contributed by atoms with Gasteiger partial charge in [0.15, 0.2) is 4.96 Å². The summed E-state index contributed by atoms with van der Waals surface area (Å²) in [5.74, 6) is -1.11. The van der Waals surface area contributed by atoms with Gasteiger partial charge in [0.05, 0.1) is 12.1 Å². The number of aliphatic carboxylic acids is 1. The van der Waals surface area contributed by atoms with Crippen LogP contribution in [0, 0.1) is 5.92 Å². The molecule has 0 fully saturated rings. The molecule has 0 aliphatic carbocycles. The van der Waals surface area contributed by atoms with Crippen molar-refractivity contribution in [1.82, 2.24) is 14.7 Å². The monoisotopic (exact) mass is 295 g/mol. The average molecular weight is 295 g/mol. The number of hydrogen-bond donors (Lipinski definition) is 2. The summed E-state index contributed by atoms with van der Waals surface area (Å²) in [4.78, 5) is 28.1. The zero-order chi connectivity index (χ0) is 14.7. The number of fused-ring (bicyclic) bond motifs is 1. The Labute approximate surface area is 120 Å². The standard InChI is InChI=1S/C13H17N3O3S/c1-8(2)5-10(12(18)19)15-11(17)6-9-7-16-3-4-20-13(16)14-9/h3-4,7-8,10H,5-6H2,1-2H3,(H,15,17)(H,18,19). The molecule has 1 amide bonds. The fourth-order valence-electron chi connectivity index (χ4n) is 1.96. The molecule has 1 unspecified atom stereocenters. The average Bonchev–Trinajstić information content (AvgIpc) is 2.87. The van der Waals surface area contributed by atoms with Crippen molar-refractivity contribution in [3.05, 3.63) is 23.5 Å². The number of carbonyl (C=O) groups excluding carboxylic acids is 1. The topological polar surface area (TPSA) is 83.7 Å². The third kappa shape index (κ3) is 3.57. The van der Waals surface area contributed by atoms with Gasteiger partial charge < -0.3 is 10.4 Å². The highest BCUT2D eigenvalue weighted by atomic mass is 32.1. The highest BCUT2D eigenvalue weighted by Crippen LogP contribution is 2.12. The van der Waals surface area contributed by atoms with E-state index >= 15 is 0 Å². The Balaban J connectivity index is 1.96. The summed E-state index contributed by atoms with van der Waals surface area (Å²) in [6, 6.07) is -0.841. The predicted octanol–water partition coefficient (Wildman–Crippen LogP) is 1.55. The Hall–Kier alpha value is -1.89. The molecule has 0 saturated heterocycles. The van der Waals surface area contributed by atoms with Gasteiger partial charge in [0.25, 0.3) is 0 Å². The van der Waals surface area contributed by atoms with E-state index in [4.69, 9.17) is 5.11 Å². The molecule has 2 N–H and O–H groups in total. The van der Waals surface area contributed by atoms with Gasteiger partial charge in [0.2, 0.25) is 5.91 Å². The molecule has 0 saturated carbocycles. The number of amides is 1. The summed E-state index contributed by atoms with van der Waals surface area (Å²) in [6.45, 7) is 3.84. The summed E-state index contributed by atoms with van der Waals surface area (Å²) in [5.41, 5.74) is 0.642. The molecule has 2 heterocycles. The Morgan fingerprint density at radius 2 is 2.25 bits per heavy atom. The maximum atomic E-state index is 11.9. The quantitative estimate of drug-likeness (QED) is 0.847. The summed E-state index contributed by atoms with van der Waals surface area (Å²) in [7, 11) is 0. The lowest BCUT2D eigenvalue weighted by Gasteiger charge is -2.16. The maximum Gasteiger partial charge on any atom is 0.326 e. The minimum atomic E-state index is -1.00. The third-order valence-electron chi connectivity index (χ3n) is 2.83. The minimum Gasteiger partial charge on any atom is -0.480 e. The first-order valence-corrected chi connectivity index (χ1v) is 7.27. The number of hydrogen-bond acceptors (Lipinski definition) is 4. The second-order valence-electron chi connectivity index (χ2n) is 5.09. The van der Waals surface area contributed by atoms with Crippen LogP contribution in [0.3, 0.4) is 0 Å². The first-order valence-electron chi connectivity index (χ1n) is 6.39. The fourth-order valence-corrected chi connectivity index (χ4v) is 2.68. The summed E-state index contributed by atoms with van der Waals surface area (Å²) in [5, 5.41) is 13.5. The largest absolute Gasteiger partial charge is 0.480 e. The zero-order valence-corrected chi connectivity index (χ0v) is 12.2. The van der Waals surface area contributed by atoms with Crippen molar-refractivity contribution in [2.75, 3.05) is 0 Å². The van der Waals surface area contributed by atoms with Gasteiger partial charge in [-0.2, -0.15) is 0 Å². The number of rotatable bonds is 6. The lowest BCUT2D eigenvalue weighted by atomic mass is 10.0. The summed E-state index contributed by atoms with van der Waals surface area (Å²) >= 11 is 1.49. The van der Waals surface area contributed by atoms with Crippen molar-refractivity contribution in [3.63, 3.8) is 0 Å². The van der Waals surface area contributed by atoms with Gasteiger partial charge in [-0.05, 0) is 12.3 Å². The van der Waals surface area contributed by atoms with Crippen molar-refractivity contribution in [2.24, 2.45) is 5.92 Å². The van der Waals surface area contributed by atoms with E-state index in [-0.39, 0.29) is 18.2 Å². The van der Waals surface area contributed by atoms with Gasteiger partial charge in [-0.3, -0.25) is 9.20 Å². The molecule has 20 heavy (non-hydrogen) atoms. The van der Waals surface area contributed by atoms with E-state index in [0.717, 1.165) is 4.96 Å². The molecule has 0 bridgehead atoms. The van der Waals surface area contributed by atoms with Gasteiger partial charge in [-0.1, -0.05) is 13.8 Å². The first kappa shape index (κ1) is 14.5. The van der Waals surface area contributed by atoms with Gasteiger partial charge in [0.1, 0.15) is 6.04 Å². The van der Waals surface area contributed by atoms with Gasteiger partial charge >= 0.3 is 5.97 Å². The van der Waals surface area contributed by atoms with E-state index in [0.29, 0.717) is 12.1 Å². The van der Waals surface area contributed by atoms with E-state index < -0.39 is 12.0 Å². The Morgan fingerprint density at radius 3 is 2.85 bits per heavy atom. The normalized spacial score (nSPS) is 12.8. The van der Waals surface area contributed by atoms with E-state index in [1.165, 1.54) is 11.3 Å². The highest BCUT2D eigenvalue weighted by molar-refractivity contribution is 7.15. The van der Waals surface area contributed by atoms with E-state index in [9.17, 15) is 9.59 Å². The molecule has 2 rings (SSSR count). The van der Waals surface area contributed by atoms with Crippen LogP contribution >= 0.6 is 11.3 Å². The van der Waals surface area contributed by atoms with Crippen LogP contribution in [0.25, 0.3) is 4.96 Å². The predicted molar refractivity (Wildman–Crippen MR) is 75.8 cm³/mol. The van der Waals surface area contributed by atoms with E-state index in [2.05, 4.69) is 10.3 Å². The van der Waals surface area contributed by atoms with Crippen LogP contribution in [-0.2, 0) is 16.0 Å². The molecule has 2 aromatic rings. The molecule has 0 aliphatic heterocycles. The molecule has 1 atom stereocenters. The Bertz CT molecular complexity index is 589. The number of nitrogens with zero attached hydrogens (tertiary/aromatic N) is 2. The fraction of sp³-hybridized carbons (Fsp3) is 0.462. The maximum absolute atomic E-state index is 11.9. The molecular formula is C13H17N3O3S. The number of imidazole rings is 1. The smallest absolute Gasteiger partial charge is 0.326 e. The molecule has 0 spiro atoms. The Morgan fingerprint density at radius 1 is 1.50 bits per heavy atom. The molecule has 108 valence electrons. The third-order valence-corrected chi connectivity index (χ3v) is 3.60. The van der Waals surface area contributed by atoms with Crippen LogP contribution in [0.4, 0.5) is 0 Å². The molecule has 6 nitrogen and oxygen atoms in total. The zero-order valence-electron chi connectivity index (χ0n) is 11.4. The van der Waals surface area contributed by atoms with Crippen molar-refractivity contribution in [2.45, 2.75) is 32.7 Å². The van der Waals surface area contributed by atoms with Crippen LogP contribution in [-0.4, -0.2) is 32.4 Å². The number of thiazole rings is 1. The number of carboxylic acid groups (broad SMARTS) is 1. The molecule has 7 heteroatoms. The number of nitrogens with one attached hydrogen (secondary N) is 1. The van der Waals surface area contributed by atoms with Crippen LogP contribution in [0.2, 0.25) is 0 Å². The number of carboxylic acids is 1. The van der Waals surface area contributed by atoms with Crippen LogP contribution < -0.4 is 5.32 Å². The van der Waals surface area contributed by atoms with Gasteiger partial charge in [0, 0.05) is 17.8 Å². The van der Waals surface area contributed by atoms with Crippen molar-refractivity contribution >= 4 is 28.2 Å². The van der Waals surface area contributed by atoms with Gasteiger partial charge in [-0.25, -0.2) is 9.78 Å². The second-order valence-corrected chi connectivity index (χ2v) is 5.96. The van der Waals surface area contributed by atoms with E-state index in [1.54, 1.807) is 6.20 Å². The highest BCUT2D eigenvalue weighted by Gasteiger charge is 2.21. The van der Waals surface area contributed by atoms with Crippen LogP contribution in [0.5, 0.6) is 0 Å². The molecular weight excluding hydrogens is 278 g/mol. The lowest BCUT2D eigenvalue weighted by molar-refractivity contribution is -0.142. The molecule has 0 aromatic carbocycles. The van der Waals surface area contributed by atoms with Crippen LogP contribution in [0.1, 0.15) is 26.0 Å². The van der Waals surface area contributed by atoms with Gasteiger partial charge in [-0.15, -0.1) is 11.3 Å². The number of aromatic nitrogens is 2. The SMILES string of the molecule is CC(C)CC(NC(=O)Cc1cn2ccsc2n1)C(=O)O. The molecule has 0 radical (unpaired) electrons. The summed E-state index contributed by atoms with van der Waals surface area (Å²) in [6.07, 6.45) is 4.16. The minimum absolute atomic E-state index is 0.0935. The molecule has 0 aliphatic rings. The van der Waals surface area contributed by atoms with Crippen molar-refractivity contribution in [1.29, 1.82) is 0 Å². The lowest BCUT2D eigenvalue weighted by Crippen LogP contribution is -2.42. The second kappa shape index (κ2) is 6.04. The first-order chi connectivity index (χ1) is 9.45. The van der Waals surface area contributed by atoms with Crippen molar-refractivity contribution in [3.8, 4) is 0 Å². The Kier molecular flexibility index (Phi) is 4.39. The van der Waals surface area contributed by atoms with Crippen molar-refractivity contribution < 1.29 is 14.7 Å².